The molecule has 2 fully saturated rings. The van der Waals surface area contributed by atoms with Crippen LogP contribution >= 0.6 is 0 Å². The number of hydrogen-bond donors (Lipinski definition) is 1. The molecule has 0 spiro atoms. The number of morpholine rings is 1. The van der Waals surface area contributed by atoms with E-state index in [4.69, 9.17) is 20.4 Å². The van der Waals surface area contributed by atoms with Crippen molar-refractivity contribution in [1.82, 2.24) is 33.8 Å². The quantitative estimate of drug-likeness (QED) is 0.466. The zero-order valence-corrected chi connectivity index (χ0v) is 21.3. The molecule has 2 aliphatic rings. The molecule has 2 aliphatic heterocycles. The SMILES string of the molecule is CC(F)(F)Cn1c(N2CCN(S(C)(=O)=O)CC2)nc2c(N3CCOCC3)nc(-c3cnc(N)nc3)nc21. The number of alkyl halides is 2. The maximum atomic E-state index is 14.4. The van der Waals surface area contributed by atoms with Gasteiger partial charge in [0, 0.05) is 58.6 Å². The van der Waals surface area contributed by atoms with Gasteiger partial charge in [-0.1, -0.05) is 0 Å². The summed E-state index contributed by atoms with van der Waals surface area (Å²) in [5.74, 6) is -1.94. The van der Waals surface area contributed by atoms with Gasteiger partial charge in [-0.15, -0.1) is 0 Å². The van der Waals surface area contributed by atoms with Crippen LogP contribution in [0.25, 0.3) is 22.6 Å². The van der Waals surface area contributed by atoms with Crippen LogP contribution in [-0.4, -0.2) is 107 Å². The smallest absolute Gasteiger partial charge is 0.263 e. The average Bonchev–Trinajstić information content (AvgIpc) is 3.21. The minimum absolute atomic E-state index is 0.0874. The van der Waals surface area contributed by atoms with Crippen molar-refractivity contribution in [2.45, 2.75) is 19.4 Å². The van der Waals surface area contributed by atoms with Crippen LogP contribution in [0.15, 0.2) is 12.4 Å². The molecule has 3 aromatic rings. The number of nitrogens with zero attached hydrogens (tertiary/aromatic N) is 9. The number of aromatic nitrogens is 6. The molecule has 0 bridgehead atoms. The molecule has 0 aliphatic carbocycles. The van der Waals surface area contributed by atoms with Crippen molar-refractivity contribution in [3.05, 3.63) is 12.4 Å². The molecular formula is C21H28F2N10O3S. The number of anilines is 3. The number of hydrogen-bond acceptors (Lipinski definition) is 11. The minimum atomic E-state index is -3.36. The highest BCUT2D eigenvalue weighted by Gasteiger charge is 2.32. The van der Waals surface area contributed by atoms with E-state index in [9.17, 15) is 17.2 Å². The number of fused-ring (bicyclic) bond motifs is 1. The minimum Gasteiger partial charge on any atom is -0.378 e. The van der Waals surface area contributed by atoms with Crippen molar-refractivity contribution in [1.29, 1.82) is 0 Å². The first-order valence-corrected chi connectivity index (χ1v) is 13.6. The lowest BCUT2D eigenvalue weighted by atomic mass is 10.3. The van der Waals surface area contributed by atoms with Gasteiger partial charge in [-0.25, -0.2) is 42.1 Å². The second kappa shape index (κ2) is 9.57. The maximum absolute atomic E-state index is 14.4. The highest BCUT2D eigenvalue weighted by molar-refractivity contribution is 7.88. The summed E-state index contributed by atoms with van der Waals surface area (Å²) >= 11 is 0. The van der Waals surface area contributed by atoms with Gasteiger partial charge in [0.15, 0.2) is 22.8 Å². The van der Waals surface area contributed by atoms with E-state index in [-0.39, 0.29) is 30.5 Å². The molecule has 0 amide bonds. The molecule has 0 radical (unpaired) electrons. The van der Waals surface area contributed by atoms with Crippen molar-refractivity contribution < 1.29 is 21.9 Å². The third-order valence-corrected chi connectivity index (χ3v) is 7.53. The van der Waals surface area contributed by atoms with Gasteiger partial charge >= 0.3 is 0 Å². The van der Waals surface area contributed by atoms with Crippen LogP contribution < -0.4 is 15.5 Å². The van der Waals surface area contributed by atoms with Crippen LogP contribution in [0.2, 0.25) is 0 Å². The number of sulfonamides is 1. The van der Waals surface area contributed by atoms with Gasteiger partial charge in [-0.3, -0.25) is 4.57 Å². The summed E-state index contributed by atoms with van der Waals surface area (Å²) in [4.78, 5) is 25.9. The molecule has 3 aromatic heterocycles. The summed E-state index contributed by atoms with van der Waals surface area (Å²) in [6.07, 6.45) is 4.11. The van der Waals surface area contributed by atoms with E-state index in [1.54, 1.807) is 0 Å². The monoisotopic (exact) mass is 538 g/mol. The zero-order chi connectivity index (χ0) is 26.4. The molecule has 0 unspecified atom stereocenters. The van der Waals surface area contributed by atoms with Gasteiger partial charge in [0.25, 0.3) is 5.92 Å². The third-order valence-electron chi connectivity index (χ3n) is 6.22. The standard InChI is InChI=1S/C21H28F2N10O3S/c1-21(22,23)13-33-18-15(27-20(33)31-3-5-32(6-4-31)37(2,34)35)17(30-7-9-36-10-8-30)28-16(29-18)14-11-25-19(24)26-12-14/h11-12H,3-10,13H2,1-2H3,(H2,24,25,26). The fraction of sp³-hybridized carbons (Fsp3) is 0.571. The Kier molecular flexibility index (Phi) is 6.57. The molecule has 13 nitrogen and oxygen atoms in total. The maximum Gasteiger partial charge on any atom is 0.263 e. The number of imidazole rings is 1. The first kappa shape index (κ1) is 25.4. The number of ether oxygens (including phenoxy) is 1. The van der Waals surface area contributed by atoms with Crippen molar-refractivity contribution in [3.63, 3.8) is 0 Å². The molecular weight excluding hydrogens is 510 g/mol. The first-order chi connectivity index (χ1) is 17.5. The Morgan fingerprint density at radius 2 is 1.65 bits per heavy atom. The lowest BCUT2D eigenvalue weighted by molar-refractivity contribution is 0.00510. The number of rotatable bonds is 6. The molecule has 16 heteroatoms. The Bertz CT molecular complexity index is 1380. The van der Waals surface area contributed by atoms with Gasteiger partial charge in [-0.05, 0) is 0 Å². The van der Waals surface area contributed by atoms with Gasteiger partial charge < -0.3 is 20.3 Å². The van der Waals surface area contributed by atoms with Crippen LogP contribution in [0.5, 0.6) is 0 Å². The van der Waals surface area contributed by atoms with Crippen LogP contribution in [-0.2, 0) is 21.3 Å². The third kappa shape index (κ3) is 5.40. The highest BCUT2D eigenvalue weighted by Crippen LogP contribution is 2.33. The summed E-state index contributed by atoms with van der Waals surface area (Å²) in [5, 5.41) is 0. The number of halogens is 2. The number of nitrogen functional groups attached to an aromatic ring is 1. The van der Waals surface area contributed by atoms with Crippen molar-refractivity contribution in [2.24, 2.45) is 0 Å². The van der Waals surface area contributed by atoms with Gasteiger partial charge in [0.05, 0.1) is 31.6 Å². The second-order valence-corrected chi connectivity index (χ2v) is 11.2. The summed E-state index contributed by atoms with van der Waals surface area (Å²) in [5.41, 5.74) is 6.73. The Morgan fingerprint density at radius 1 is 1.00 bits per heavy atom. The average molecular weight is 539 g/mol. The van der Waals surface area contributed by atoms with E-state index in [0.29, 0.717) is 62.2 Å². The van der Waals surface area contributed by atoms with Gasteiger partial charge in [0.1, 0.15) is 0 Å². The molecule has 2 saturated heterocycles. The van der Waals surface area contributed by atoms with E-state index in [1.165, 1.54) is 21.3 Å². The summed E-state index contributed by atoms with van der Waals surface area (Å²) < 4.78 is 61.1. The molecule has 5 heterocycles. The fourth-order valence-electron chi connectivity index (χ4n) is 4.44. The van der Waals surface area contributed by atoms with Crippen molar-refractivity contribution in [3.8, 4) is 11.4 Å². The summed E-state index contributed by atoms with van der Waals surface area (Å²) in [6.45, 7) is 3.27. The fourth-order valence-corrected chi connectivity index (χ4v) is 5.26. The van der Waals surface area contributed by atoms with E-state index < -0.39 is 22.5 Å². The van der Waals surface area contributed by atoms with E-state index in [0.717, 1.165) is 13.2 Å². The van der Waals surface area contributed by atoms with Crippen LogP contribution in [0.4, 0.5) is 26.5 Å². The lowest BCUT2D eigenvalue weighted by Crippen LogP contribution is -2.49. The van der Waals surface area contributed by atoms with Crippen LogP contribution in [0.3, 0.4) is 0 Å². The molecule has 0 atom stereocenters. The Hall–Kier alpha value is -3.24. The normalized spacial score (nSPS) is 18.1. The largest absolute Gasteiger partial charge is 0.378 e. The molecule has 37 heavy (non-hydrogen) atoms. The van der Waals surface area contributed by atoms with Crippen LogP contribution in [0.1, 0.15) is 6.92 Å². The predicted molar refractivity (Wildman–Crippen MR) is 133 cm³/mol. The molecule has 2 N–H and O–H groups in total. The highest BCUT2D eigenvalue weighted by atomic mass is 32.2. The zero-order valence-electron chi connectivity index (χ0n) is 20.5. The Labute approximate surface area is 212 Å². The summed E-state index contributed by atoms with van der Waals surface area (Å²) in [6, 6.07) is 0. The number of piperazine rings is 1. The Balaban J connectivity index is 1.66. The lowest BCUT2D eigenvalue weighted by Gasteiger charge is -2.34. The van der Waals surface area contributed by atoms with Crippen LogP contribution in [0, 0.1) is 0 Å². The Morgan fingerprint density at radius 3 is 2.24 bits per heavy atom. The molecule has 200 valence electrons. The first-order valence-electron chi connectivity index (χ1n) is 11.8. The molecule has 5 rings (SSSR count). The number of nitrogens with two attached hydrogens (primary N) is 1. The topological polar surface area (TPSA) is 148 Å². The van der Waals surface area contributed by atoms with Gasteiger partial charge in [-0.2, -0.15) is 4.31 Å². The van der Waals surface area contributed by atoms with E-state index in [1.807, 2.05) is 9.80 Å². The second-order valence-electron chi connectivity index (χ2n) is 9.19. The van der Waals surface area contributed by atoms with E-state index >= 15 is 0 Å². The van der Waals surface area contributed by atoms with E-state index in [2.05, 4.69) is 15.0 Å². The van der Waals surface area contributed by atoms with Crippen molar-refractivity contribution >= 4 is 38.9 Å². The van der Waals surface area contributed by atoms with Crippen molar-refractivity contribution in [2.75, 3.05) is 74.3 Å². The molecule has 0 saturated carbocycles. The van der Waals surface area contributed by atoms with Gasteiger partial charge in [0.2, 0.25) is 21.9 Å². The molecule has 0 aromatic carbocycles. The predicted octanol–water partition coefficient (Wildman–Crippen LogP) is 0.439. The summed E-state index contributed by atoms with van der Waals surface area (Å²) in [7, 11) is -3.36.